The van der Waals surface area contributed by atoms with Crippen LogP contribution >= 0.6 is 15.9 Å². The van der Waals surface area contributed by atoms with Crippen molar-refractivity contribution in [3.63, 3.8) is 0 Å². The Morgan fingerprint density at radius 3 is 2.30 bits per heavy atom. The number of amides is 1. The first kappa shape index (κ1) is 21.7. The third-order valence-electron chi connectivity index (χ3n) is 4.24. The van der Waals surface area contributed by atoms with Gasteiger partial charge >= 0.3 is 0 Å². The van der Waals surface area contributed by atoms with Crippen molar-refractivity contribution in [2.24, 2.45) is 5.10 Å². The van der Waals surface area contributed by atoms with E-state index in [0.29, 0.717) is 5.69 Å². The van der Waals surface area contributed by atoms with E-state index in [0.717, 1.165) is 21.9 Å². The molecule has 0 radical (unpaired) electrons. The van der Waals surface area contributed by atoms with Crippen LogP contribution in [0.25, 0.3) is 0 Å². The van der Waals surface area contributed by atoms with E-state index in [1.807, 2.05) is 54.6 Å². The lowest BCUT2D eigenvalue weighted by Gasteiger charge is -2.24. The zero-order chi connectivity index (χ0) is 21.6. The monoisotopic (exact) mass is 485 g/mol. The molecular formula is C22H20BrN3O3S. The van der Waals surface area contributed by atoms with Gasteiger partial charge in [-0.05, 0) is 35.4 Å². The predicted octanol–water partition coefficient (Wildman–Crippen LogP) is 4.18. The van der Waals surface area contributed by atoms with Crippen molar-refractivity contribution < 1.29 is 13.2 Å². The summed E-state index contributed by atoms with van der Waals surface area (Å²) >= 11 is 3.36. The molecule has 0 aromatic heterocycles. The maximum atomic E-state index is 12.7. The second kappa shape index (κ2) is 9.69. The fourth-order valence-corrected chi connectivity index (χ4v) is 3.95. The van der Waals surface area contributed by atoms with Gasteiger partial charge in [0.2, 0.25) is 10.0 Å². The largest absolute Gasteiger partial charge is 0.273 e. The zero-order valence-electron chi connectivity index (χ0n) is 16.2. The Kier molecular flexibility index (Phi) is 7.02. The van der Waals surface area contributed by atoms with E-state index in [4.69, 9.17) is 0 Å². The number of anilines is 1. The molecule has 0 aliphatic rings. The third kappa shape index (κ3) is 5.77. The van der Waals surface area contributed by atoms with Gasteiger partial charge in [0.15, 0.2) is 0 Å². The van der Waals surface area contributed by atoms with E-state index in [9.17, 15) is 13.2 Å². The lowest BCUT2D eigenvalue weighted by atomic mass is 10.1. The number of hydrogen-bond acceptors (Lipinski definition) is 4. The molecule has 3 rings (SSSR count). The Balaban J connectivity index is 1.85. The summed E-state index contributed by atoms with van der Waals surface area (Å²) in [7, 11) is -3.63. The number of benzene rings is 3. The van der Waals surface area contributed by atoms with Crippen molar-refractivity contribution >= 4 is 43.8 Å². The van der Waals surface area contributed by atoms with Crippen LogP contribution in [-0.2, 0) is 16.6 Å². The molecule has 154 valence electrons. The van der Waals surface area contributed by atoms with Gasteiger partial charge in [0.05, 0.1) is 30.3 Å². The first-order valence-electron chi connectivity index (χ1n) is 9.04. The molecule has 0 saturated carbocycles. The van der Waals surface area contributed by atoms with Crippen LogP contribution in [0.3, 0.4) is 0 Å². The van der Waals surface area contributed by atoms with E-state index in [1.54, 1.807) is 24.3 Å². The summed E-state index contributed by atoms with van der Waals surface area (Å²) in [5, 5.41) is 3.99. The van der Waals surface area contributed by atoms with Crippen LogP contribution < -0.4 is 9.73 Å². The summed E-state index contributed by atoms with van der Waals surface area (Å²) in [6, 6.07) is 23.2. The normalized spacial score (nSPS) is 11.4. The Morgan fingerprint density at radius 2 is 1.63 bits per heavy atom. The van der Waals surface area contributed by atoms with Gasteiger partial charge in [0.1, 0.15) is 0 Å². The van der Waals surface area contributed by atoms with E-state index >= 15 is 0 Å². The molecule has 30 heavy (non-hydrogen) atoms. The number of para-hydroxylation sites is 1. The molecule has 0 aliphatic carbocycles. The molecule has 3 aromatic carbocycles. The van der Waals surface area contributed by atoms with Crippen molar-refractivity contribution in [3.05, 3.63) is 100 Å². The minimum absolute atomic E-state index is 0.117. The van der Waals surface area contributed by atoms with Gasteiger partial charge < -0.3 is 0 Å². The topological polar surface area (TPSA) is 78.8 Å². The maximum absolute atomic E-state index is 12.7. The molecule has 0 fully saturated rings. The van der Waals surface area contributed by atoms with Crippen LogP contribution in [0.2, 0.25) is 0 Å². The minimum atomic E-state index is -3.63. The molecule has 0 spiro atoms. The first-order valence-corrected chi connectivity index (χ1v) is 11.7. The molecule has 0 bridgehead atoms. The lowest BCUT2D eigenvalue weighted by Crippen LogP contribution is -2.32. The fourth-order valence-electron chi connectivity index (χ4n) is 2.79. The number of hydrazone groups is 1. The number of halogens is 1. The van der Waals surface area contributed by atoms with Crippen LogP contribution in [0.1, 0.15) is 21.5 Å². The van der Waals surface area contributed by atoms with E-state index in [-0.39, 0.29) is 12.1 Å². The van der Waals surface area contributed by atoms with Crippen LogP contribution in [-0.4, -0.2) is 26.8 Å². The number of hydrogen-bond donors (Lipinski definition) is 1. The number of carbonyl (C=O) groups excluding carboxylic acids is 1. The van der Waals surface area contributed by atoms with Crippen LogP contribution in [0.4, 0.5) is 5.69 Å². The van der Waals surface area contributed by atoms with Gasteiger partial charge in [-0.15, -0.1) is 0 Å². The molecule has 0 atom stereocenters. The van der Waals surface area contributed by atoms with Crippen LogP contribution in [0.15, 0.2) is 88.4 Å². The highest BCUT2D eigenvalue weighted by Gasteiger charge is 2.23. The Morgan fingerprint density at radius 1 is 1.00 bits per heavy atom. The Bertz CT molecular complexity index is 1150. The van der Waals surface area contributed by atoms with Crippen molar-refractivity contribution in [1.82, 2.24) is 5.43 Å². The summed E-state index contributed by atoms with van der Waals surface area (Å²) < 4.78 is 27.2. The van der Waals surface area contributed by atoms with E-state index in [1.165, 1.54) is 10.5 Å². The van der Waals surface area contributed by atoms with Gasteiger partial charge in [-0.25, -0.2) is 13.8 Å². The first-order chi connectivity index (χ1) is 14.3. The number of nitrogens with one attached hydrogen (secondary N) is 1. The lowest BCUT2D eigenvalue weighted by molar-refractivity contribution is 0.0956. The minimum Gasteiger partial charge on any atom is -0.267 e. The smallest absolute Gasteiger partial charge is 0.267 e. The molecular weight excluding hydrogens is 466 g/mol. The van der Waals surface area contributed by atoms with Gasteiger partial charge in [-0.1, -0.05) is 70.5 Å². The summed E-state index contributed by atoms with van der Waals surface area (Å²) in [4.78, 5) is 12.7. The summed E-state index contributed by atoms with van der Waals surface area (Å²) in [6.07, 6.45) is 2.64. The summed E-state index contributed by atoms with van der Waals surface area (Å²) in [6.45, 7) is 0.117. The standard InChI is InChI=1S/C22H20BrN3O3S/c1-30(28,29)26(16-18-7-3-2-4-8-18)21-10-6-5-9-20(21)22(27)25-24-15-17-11-13-19(23)14-12-17/h2-15H,16H2,1H3,(H,25,27)/b24-15-. The van der Waals surface area contributed by atoms with Crippen molar-refractivity contribution in [3.8, 4) is 0 Å². The van der Waals surface area contributed by atoms with E-state index in [2.05, 4.69) is 26.5 Å². The molecule has 0 aliphatic heterocycles. The molecule has 1 amide bonds. The average molecular weight is 486 g/mol. The highest BCUT2D eigenvalue weighted by atomic mass is 79.9. The molecule has 3 aromatic rings. The number of rotatable bonds is 7. The van der Waals surface area contributed by atoms with Crippen LogP contribution in [0.5, 0.6) is 0 Å². The van der Waals surface area contributed by atoms with Gasteiger partial charge in [0.25, 0.3) is 5.91 Å². The zero-order valence-corrected chi connectivity index (χ0v) is 18.6. The van der Waals surface area contributed by atoms with Gasteiger partial charge in [-0.2, -0.15) is 5.10 Å². The molecule has 8 heteroatoms. The second-order valence-electron chi connectivity index (χ2n) is 6.52. The van der Waals surface area contributed by atoms with Crippen molar-refractivity contribution in [2.45, 2.75) is 6.54 Å². The van der Waals surface area contributed by atoms with Gasteiger partial charge in [0, 0.05) is 4.47 Å². The highest BCUT2D eigenvalue weighted by molar-refractivity contribution is 9.10. The predicted molar refractivity (Wildman–Crippen MR) is 123 cm³/mol. The molecule has 0 heterocycles. The Hall–Kier alpha value is -2.97. The third-order valence-corrected chi connectivity index (χ3v) is 5.89. The highest BCUT2D eigenvalue weighted by Crippen LogP contribution is 2.25. The second-order valence-corrected chi connectivity index (χ2v) is 9.35. The molecule has 0 unspecified atom stereocenters. The quantitative estimate of drug-likeness (QED) is 0.402. The number of carbonyl (C=O) groups is 1. The Labute approximate surface area is 184 Å². The summed E-state index contributed by atoms with van der Waals surface area (Å²) in [5.74, 6) is -0.499. The average Bonchev–Trinajstić information content (AvgIpc) is 2.73. The number of nitrogens with zero attached hydrogens (tertiary/aromatic N) is 2. The van der Waals surface area contributed by atoms with Gasteiger partial charge in [-0.3, -0.25) is 9.10 Å². The van der Waals surface area contributed by atoms with Crippen molar-refractivity contribution in [2.75, 3.05) is 10.6 Å². The number of sulfonamides is 1. The van der Waals surface area contributed by atoms with Crippen LogP contribution in [0, 0.1) is 0 Å². The SMILES string of the molecule is CS(=O)(=O)N(Cc1ccccc1)c1ccccc1C(=O)N/N=C\c1ccc(Br)cc1. The molecule has 6 nitrogen and oxygen atoms in total. The van der Waals surface area contributed by atoms with Crippen molar-refractivity contribution in [1.29, 1.82) is 0 Å². The fraction of sp³-hybridized carbons (Fsp3) is 0.0909. The summed E-state index contributed by atoms with van der Waals surface area (Å²) in [5.41, 5.74) is 4.60. The molecule has 0 saturated heterocycles. The van der Waals surface area contributed by atoms with E-state index < -0.39 is 15.9 Å². The molecule has 1 N–H and O–H groups in total. The maximum Gasteiger partial charge on any atom is 0.273 e.